The molecule has 0 aliphatic rings. The van der Waals surface area contributed by atoms with Crippen molar-refractivity contribution >= 4 is 0 Å². The van der Waals surface area contributed by atoms with Gasteiger partial charge in [-0.1, -0.05) is 93.6 Å². The maximum absolute atomic E-state index is 6.14. The van der Waals surface area contributed by atoms with E-state index in [0.717, 1.165) is 46.9 Å². The lowest BCUT2D eigenvalue weighted by Crippen LogP contribution is -2.22. The highest BCUT2D eigenvalue weighted by atomic mass is 16.5. The second-order valence-electron chi connectivity index (χ2n) is 10.4. The average molecular weight is 523 g/mol. The minimum atomic E-state index is 0.0364. The monoisotopic (exact) mass is 522 g/mol. The van der Waals surface area contributed by atoms with Crippen LogP contribution in [0.25, 0.3) is 22.5 Å². The molecule has 0 amide bonds. The summed E-state index contributed by atoms with van der Waals surface area (Å²) in [4.78, 5) is 9.28. The highest BCUT2D eigenvalue weighted by Gasteiger charge is 2.12. The molecule has 204 valence electrons. The Balaban J connectivity index is 1.25. The highest BCUT2D eigenvalue weighted by molar-refractivity contribution is 5.64. The van der Waals surface area contributed by atoms with E-state index in [1.54, 1.807) is 0 Å². The van der Waals surface area contributed by atoms with E-state index in [1.165, 1.54) is 44.1 Å². The van der Waals surface area contributed by atoms with E-state index in [2.05, 4.69) is 67.1 Å². The maximum atomic E-state index is 6.14. The number of hydrogen-bond acceptors (Lipinski definition) is 4. The minimum Gasteiger partial charge on any atom is -0.491 e. The number of hydrogen-bond donors (Lipinski definition) is 0. The summed E-state index contributed by atoms with van der Waals surface area (Å²) in [6.45, 7) is 6.41. The van der Waals surface area contributed by atoms with E-state index in [0.29, 0.717) is 0 Å². The number of unbranched alkanes of at least 4 members (excludes halogenated alkanes) is 5. The van der Waals surface area contributed by atoms with Gasteiger partial charge < -0.3 is 9.47 Å². The van der Waals surface area contributed by atoms with Gasteiger partial charge in [0.2, 0.25) is 0 Å². The first-order valence-electron chi connectivity index (χ1n) is 14.5. The van der Waals surface area contributed by atoms with Crippen LogP contribution in [0.15, 0.2) is 91.3 Å². The third kappa shape index (κ3) is 9.24. The SMILES string of the molecule is CCCCCCCCc1ccc(-c2ncc(-c3ccc(O[C@H](C)C[C@@H](C)Oc4ccccc4)cc3)cn2)cc1. The van der Waals surface area contributed by atoms with Gasteiger partial charge in [-0.25, -0.2) is 9.97 Å². The Morgan fingerprint density at radius 2 is 1.15 bits per heavy atom. The molecule has 0 radical (unpaired) electrons. The van der Waals surface area contributed by atoms with Gasteiger partial charge in [0.1, 0.15) is 11.5 Å². The first-order chi connectivity index (χ1) is 19.1. The van der Waals surface area contributed by atoms with E-state index in [1.807, 2.05) is 54.9 Å². The van der Waals surface area contributed by atoms with Crippen LogP contribution in [0.4, 0.5) is 0 Å². The lowest BCUT2D eigenvalue weighted by Gasteiger charge is -2.20. The minimum absolute atomic E-state index is 0.0364. The van der Waals surface area contributed by atoms with E-state index >= 15 is 0 Å². The third-order valence-electron chi connectivity index (χ3n) is 6.95. The van der Waals surface area contributed by atoms with Crippen molar-refractivity contribution < 1.29 is 9.47 Å². The van der Waals surface area contributed by atoms with Crippen LogP contribution in [0.3, 0.4) is 0 Å². The van der Waals surface area contributed by atoms with Crippen molar-refractivity contribution in [2.75, 3.05) is 0 Å². The third-order valence-corrected chi connectivity index (χ3v) is 6.95. The maximum Gasteiger partial charge on any atom is 0.159 e. The second kappa shape index (κ2) is 15.1. The lowest BCUT2D eigenvalue weighted by molar-refractivity contribution is 0.131. The Hall–Kier alpha value is -3.66. The van der Waals surface area contributed by atoms with Crippen molar-refractivity contribution in [3.63, 3.8) is 0 Å². The molecule has 1 aromatic heterocycles. The first kappa shape index (κ1) is 28.4. The Bertz CT molecular complexity index is 1220. The van der Waals surface area contributed by atoms with Crippen molar-refractivity contribution in [3.8, 4) is 34.0 Å². The molecule has 39 heavy (non-hydrogen) atoms. The fourth-order valence-electron chi connectivity index (χ4n) is 4.81. The summed E-state index contributed by atoms with van der Waals surface area (Å²) in [6, 6.07) is 26.7. The number of nitrogens with zero attached hydrogens (tertiary/aromatic N) is 2. The van der Waals surface area contributed by atoms with Gasteiger partial charge in [0, 0.05) is 29.9 Å². The summed E-state index contributed by atoms with van der Waals surface area (Å²) in [5.74, 6) is 2.48. The summed E-state index contributed by atoms with van der Waals surface area (Å²) in [7, 11) is 0. The van der Waals surface area contributed by atoms with Crippen LogP contribution in [-0.4, -0.2) is 22.2 Å². The zero-order valence-corrected chi connectivity index (χ0v) is 23.7. The Morgan fingerprint density at radius 3 is 1.79 bits per heavy atom. The molecule has 0 saturated heterocycles. The average Bonchev–Trinajstić information content (AvgIpc) is 2.96. The Labute approximate surface area is 234 Å². The molecule has 0 saturated carbocycles. The zero-order chi connectivity index (χ0) is 27.3. The predicted molar refractivity (Wildman–Crippen MR) is 161 cm³/mol. The zero-order valence-electron chi connectivity index (χ0n) is 23.7. The highest BCUT2D eigenvalue weighted by Crippen LogP contribution is 2.25. The van der Waals surface area contributed by atoms with Crippen LogP contribution in [0.5, 0.6) is 11.5 Å². The van der Waals surface area contributed by atoms with Gasteiger partial charge in [0.25, 0.3) is 0 Å². The molecule has 0 unspecified atom stereocenters. The smallest absolute Gasteiger partial charge is 0.159 e. The van der Waals surface area contributed by atoms with Crippen LogP contribution in [0, 0.1) is 0 Å². The summed E-state index contributed by atoms with van der Waals surface area (Å²) in [5.41, 5.74) is 4.50. The number of aryl methyl sites for hydroxylation is 1. The number of ether oxygens (including phenoxy) is 2. The molecule has 3 aromatic carbocycles. The second-order valence-corrected chi connectivity index (χ2v) is 10.4. The summed E-state index contributed by atoms with van der Waals surface area (Å²) >= 11 is 0. The van der Waals surface area contributed by atoms with Gasteiger partial charge in [-0.2, -0.15) is 0 Å². The molecule has 0 aliphatic carbocycles. The molecule has 4 heteroatoms. The van der Waals surface area contributed by atoms with Crippen molar-refractivity contribution in [2.24, 2.45) is 0 Å². The Kier molecular flexibility index (Phi) is 10.9. The van der Waals surface area contributed by atoms with Gasteiger partial charge in [0.05, 0.1) is 12.2 Å². The first-order valence-corrected chi connectivity index (χ1v) is 14.5. The van der Waals surface area contributed by atoms with Gasteiger partial charge in [0.15, 0.2) is 5.82 Å². The van der Waals surface area contributed by atoms with E-state index in [-0.39, 0.29) is 12.2 Å². The van der Waals surface area contributed by atoms with Crippen LogP contribution in [0.1, 0.15) is 71.3 Å². The lowest BCUT2D eigenvalue weighted by atomic mass is 10.0. The molecule has 0 fully saturated rings. The van der Waals surface area contributed by atoms with Crippen molar-refractivity contribution in [2.45, 2.75) is 84.3 Å². The van der Waals surface area contributed by atoms with Gasteiger partial charge in [-0.05, 0) is 62.1 Å². The Morgan fingerprint density at radius 1 is 0.590 bits per heavy atom. The van der Waals surface area contributed by atoms with Crippen LogP contribution in [0.2, 0.25) is 0 Å². The molecular formula is C35H42N2O2. The molecule has 4 rings (SSSR count). The number of aromatic nitrogens is 2. The van der Waals surface area contributed by atoms with E-state index < -0.39 is 0 Å². The molecular weight excluding hydrogens is 480 g/mol. The van der Waals surface area contributed by atoms with Gasteiger partial charge in [-0.15, -0.1) is 0 Å². The van der Waals surface area contributed by atoms with Gasteiger partial charge >= 0.3 is 0 Å². The predicted octanol–water partition coefficient (Wildman–Crippen LogP) is 9.34. The molecule has 1 heterocycles. The quantitative estimate of drug-likeness (QED) is 0.146. The van der Waals surface area contributed by atoms with Crippen molar-refractivity contribution in [1.82, 2.24) is 9.97 Å². The van der Waals surface area contributed by atoms with E-state index in [4.69, 9.17) is 9.47 Å². The summed E-state index contributed by atoms with van der Waals surface area (Å²) < 4.78 is 12.1. The topological polar surface area (TPSA) is 44.2 Å². The van der Waals surface area contributed by atoms with Crippen molar-refractivity contribution in [1.29, 1.82) is 0 Å². The fourth-order valence-corrected chi connectivity index (χ4v) is 4.81. The molecule has 0 bridgehead atoms. The number of benzene rings is 3. The standard InChI is InChI=1S/C35H42N2O2/c1-4-5-6-7-8-10-13-29-16-18-31(19-17-29)35-36-25-32(26-37-35)30-20-22-34(23-21-30)39-28(3)24-27(2)38-33-14-11-9-12-15-33/h9,11-12,14-23,25-28H,4-8,10,13,24H2,1-3H3/t27-,28-/m1/s1. The molecule has 4 aromatic rings. The molecule has 0 spiro atoms. The van der Waals surface area contributed by atoms with Crippen molar-refractivity contribution in [3.05, 3.63) is 96.8 Å². The normalized spacial score (nSPS) is 12.6. The molecule has 4 nitrogen and oxygen atoms in total. The van der Waals surface area contributed by atoms with Crippen LogP contribution < -0.4 is 9.47 Å². The summed E-state index contributed by atoms with van der Waals surface area (Å²) in [5, 5.41) is 0. The molecule has 2 atom stereocenters. The molecule has 0 N–H and O–H groups in total. The number of para-hydroxylation sites is 1. The van der Waals surface area contributed by atoms with Crippen LogP contribution >= 0.6 is 0 Å². The largest absolute Gasteiger partial charge is 0.491 e. The number of rotatable bonds is 15. The van der Waals surface area contributed by atoms with Crippen LogP contribution in [-0.2, 0) is 6.42 Å². The van der Waals surface area contributed by atoms with E-state index in [9.17, 15) is 0 Å². The van der Waals surface area contributed by atoms with Gasteiger partial charge in [-0.3, -0.25) is 0 Å². The molecule has 0 aliphatic heterocycles. The fraction of sp³-hybridized carbons (Fsp3) is 0.371. The summed E-state index contributed by atoms with van der Waals surface area (Å²) in [6.07, 6.45) is 13.8.